The molecule has 0 radical (unpaired) electrons. The molecule has 6 nitrogen and oxygen atoms in total. The molecule has 0 aliphatic heterocycles. The Balaban J connectivity index is 3.31. The molecular weight excluding hydrogens is 236 g/mol. The molecule has 0 aliphatic rings. The van der Waals surface area contributed by atoms with Gasteiger partial charge in [0.25, 0.3) is 0 Å². The average molecular weight is 264 g/mol. The molecule has 0 unspecified atom stereocenters. The fourth-order valence-corrected chi connectivity index (χ4v) is 1.40. The third kappa shape index (κ3) is 12.2. The second kappa shape index (κ2) is 14.8. The van der Waals surface area contributed by atoms with Gasteiger partial charge in [-0.05, 0) is 0 Å². The van der Waals surface area contributed by atoms with Crippen molar-refractivity contribution in [3.05, 3.63) is 0 Å². The Morgan fingerprint density at radius 2 is 1.28 bits per heavy atom. The Bertz CT molecular complexity index is 161. The number of rotatable bonds is 14. The summed E-state index contributed by atoms with van der Waals surface area (Å²) in [5, 5.41) is 0. The Kier molecular flexibility index (Phi) is 14.6. The third-order valence-electron chi connectivity index (χ3n) is 2.41. The molecule has 0 atom stereocenters. The molecule has 0 aromatic carbocycles. The number of hydrogen-bond acceptors (Lipinski definition) is 6. The summed E-state index contributed by atoms with van der Waals surface area (Å²) < 4.78 is 20.7. The number of methoxy groups -OCH3 is 2. The molecule has 110 valence electrons. The first kappa shape index (κ1) is 17.8. The first-order valence-electron chi connectivity index (χ1n) is 6.41. The van der Waals surface area contributed by atoms with Gasteiger partial charge in [0.1, 0.15) is 0 Å². The summed E-state index contributed by atoms with van der Waals surface area (Å²) in [6.07, 6.45) is 0. The van der Waals surface area contributed by atoms with E-state index in [1.807, 2.05) is 0 Å². The molecular formula is C12H28N2O4. The van der Waals surface area contributed by atoms with Gasteiger partial charge in [-0.25, -0.2) is 0 Å². The molecule has 2 N–H and O–H groups in total. The average Bonchev–Trinajstić information content (AvgIpc) is 2.39. The van der Waals surface area contributed by atoms with Crippen molar-refractivity contribution in [1.82, 2.24) is 4.90 Å². The summed E-state index contributed by atoms with van der Waals surface area (Å²) in [5.74, 6) is 0. The largest absolute Gasteiger partial charge is 0.383 e. The van der Waals surface area contributed by atoms with Crippen molar-refractivity contribution in [2.45, 2.75) is 0 Å². The fourth-order valence-electron chi connectivity index (χ4n) is 1.40. The van der Waals surface area contributed by atoms with Crippen LogP contribution in [0, 0.1) is 0 Å². The minimum Gasteiger partial charge on any atom is -0.383 e. The van der Waals surface area contributed by atoms with E-state index in [4.69, 9.17) is 24.7 Å². The van der Waals surface area contributed by atoms with E-state index < -0.39 is 0 Å². The van der Waals surface area contributed by atoms with E-state index in [2.05, 4.69) is 4.90 Å². The summed E-state index contributed by atoms with van der Waals surface area (Å²) in [4.78, 5) is 2.23. The van der Waals surface area contributed by atoms with Crippen molar-refractivity contribution >= 4 is 0 Å². The van der Waals surface area contributed by atoms with Gasteiger partial charge in [-0.2, -0.15) is 0 Å². The Morgan fingerprint density at radius 3 is 1.89 bits per heavy atom. The van der Waals surface area contributed by atoms with Crippen LogP contribution in [-0.4, -0.2) is 84.9 Å². The number of nitrogens with zero attached hydrogens (tertiary/aromatic N) is 1. The summed E-state index contributed by atoms with van der Waals surface area (Å²) >= 11 is 0. The highest BCUT2D eigenvalue weighted by molar-refractivity contribution is 4.57. The molecule has 0 spiro atoms. The highest BCUT2D eigenvalue weighted by atomic mass is 16.5. The zero-order valence-electron chi connectivity index (χ0n) is 11.7. The van der Waals surface area contributed by atoms with Crippen LogP contribution in [0.25, 0.3) is 0 Å². The standard InChI is InChI=1S/C12H28N2O4/c1-15-7-5-14(4-3-13)6-8-17-11-12-18-10-9-16-2/h3-13H2,1-2H3. The Hall–Kier alpha value is -0.240. The minimum atomic E-state index is 0.609. The van der Waals surface area contributed by atoms with Crippen LogP contribution in [0.4, 0.5) is 0 Å². The number of nitrogens with two attached hydrogens (primary N) is 1. The molecule has 0 bridgehead atoms. The molecule has 0 rings (SSSR count). The molecule has 18 heavy (non-hydrogen) atoms. The van der Waals surface area contributed by atoms with Gasteiger partial charge in [0.05, 0.1) is 39.6 Å². The SMILES string of the molecule is COCCOCCOCCN(CCN)CCOC. The monoisotopic (exact) mass is 264 g/mol. The van der Waals surface area contributed by atoms with Gasteiger partial charge < -0.3 is 24.7 Å². The van der Waals surface area contributed by atoms with Crippen LogP contribution in [0.3, 0.4) is 0 Å². The third-order valence-corrected chi connectivity index (χ3v) is 2.41. The van der Waals surface area contributed by atoms with Crippen LogP contribution in [0.5, 0.6) is 0 Å². The normalized spacial score (nSPS) is 11.3. The zero-order valence-corrected chi connectivity index (χ0v) is 11.7. The van der Waals surface area contributed by atoms with Crippen LogP contribution in [0.1, 0.15) is 0 Å². The van der Waals surface area contributed by atoms with Crippen molar-refractivity contribution < 1.29 is 18.9 Å². The van der Waals surface area contributed by atoms with Gasteiger partial charge in [-0.3, -0.25) is 4.90 Å². The van der Waals surface area contributed by atoms with Crippen molar-refractivity contribution in [3.8, 4) is 0 Å². The van der Waals surface area contributed by atoms with Gasteiger partial charge in [-0.1, -0.05) is 0 Å². The molecule has 0 fully saturated rings. The second-order valence-corrected chi connectivity index (χ2v) is 3.84. The summed E-state index contributed by atoms with van der Waals surface area (Å²) in [6, 6.07) is 0. The van der Waals surface area contributed by atoms with E-state index in [0.717, 1.165) is 26.2 Å². The van der Waals surface area contributed by atoms with E-state index in [9.17, 15) is 0 Å². The molecule has 0 aliphatic carbocycles. The highest BCUT2D eigenvalue weighted by Crippen LogP contribution is 1.89. The van der Waals surface area contributed by atoms with Gasteiger partial charge in [0, 0.05) is 40.4 Å². The predicted molar refractivity (Wildman–Crippen MR) is 70.9 cm³/mol. The molecule has 0 aromatic heterocycles. The van der Waals surface area contributed by atoms with Gasteiger partial charge >= 0.3 is 0 Å². The van der Waals surface area contributed by atoms with Gasteiger partial charge in [-0.15, -0.1) is 0 Å². The number of ether oxygens (including phenoxy) is 4. The summed E-state index contributed by atoms with van der Waals surface area (Å²) in [7, 11) is 3.36. The lowest BCUT2D eigenvalue weighted by Gasteiger charge is -2.20. The smallest absolute Gasteiger partial charge is 0.0701 e. The first-order valence-corrected chi connectivity index (χ1v) is 6.41. The van der Waals surface area contributed by atoms with Crippen molar-refractivity contribution in [2.75, 3.05) is 80.0 Å². The fraction of sp³-hybridized carbons (Fsp3) is 1.00. The van der Waals surface area contributed by atoms with E-state index in [1.54, 1.807) is 14.2 Å². The second-order valence-electron chi connectivity index (χ2n) is 3.84. The highest BCUT2D eigenvalue weighted by Gasteiger charge is 2.02. The topological polar surface area (TPSA) is 66.2 Å². The van der Waals surface area contributed by atoms with Crippen LogP contribution in [0.15, 0.2) is 0 Å². The van der Waals surface area contributed by atoms with Crippen molar-refractivity contribution in [2.24, 2.45) is 5.73 Å². The lowest BCUT2D eigenvalue weighted by atomic mass is 10.4. The lowest BCUT2D eigenvalue weighted by Crippen LogP contribution is -2.35. The van der Waals surface area contributed by atoms with Crippen molar-refractivity contribution in [3.63, 3.8) is 0 Å². The lowest BCUT2D eigenvalue weighted by molar-refractivity contribution is 0.0182. The zero-order chi connectivity index (χ0) is 13.5. The predicted octanol–water partition coefficient (Wildman–Crippen LogP) is -0.427. The Labute approximate surface area is 110 Å². The minimum absolute atomic E-state index is 0.609. The molecule has 0 saturated carbocycles. The van der Waals surface area contributed by atoms with E-state index in [-0.39, 0.29) is 0 Å². The molecule has 0 aromatic rings. The Morgan fingerprint density at radius 1 is 0.722 bits per heavy atom. The molecule has 0 amide bonds. The van der Waals surface area contributed by atoms with Crippen LogP contribution in [0.2, 0.25) is 0 Å². The van der Waals surface area contributed by atoms with Crippen LogP contribution < -0.4 is 5.73 Å². The van der Waals surface area contributed by atoms with E-state index >= 15 is 0 Å². The van der Waals surface area contributed by atoms with E-state index in [0.29, 0.717) is 39.6 Å². The molecule has 0 saturated heterocycles. The summed E-state index contributed by atoms with van der Waals surface area (Å²) in [6.45, 7) is 7.18. The van der Waals surface area contributed by atoms with Gasteiger partial charge in [0.2, 0.25) is 0 Å². The van der Waals surface area contributed by atoms with Crippen LogP contribution >= 0.6 is 0 Å². The van der Waals surface area contributed by atoms with Crippen molar-refractivity contribution in [1.29, 1.82) is 0 Å². The quantitative estimate of drug-likeness (QED) is 0.430. The maximum Gasteiger partial charge on any atom is 0.0701 e. The first-order chi connectivity index (χ1) is 8.85. The maximum absolute atomic E-state index is 5.54. The van der Waals surface area contributed by atoms with E-state index in [1.165, 1.54) is 0 Å². The number of hydrogen-bond donors (Lipinski definition) is 1. The van der Waals surface area contributed by atoms with Crippen LogP contribution in [-0.2, 0) is 18.9 Å². The van der Waals surface area contributed by atoms with Gasteiger partial charge in [0.15, 0.2) is 0 Å². The summed E-state index contributed by atoms with van der Waals surface area (Å²) in [5.41, 5.74) is 5.54. The molecule has 6 heteroatoms. The maximum atomic E-state index is 5.54. The molecule has 0 heterocycles.